The monoisotopic (exact) mass is 387 g/mol. The number of rotatable bonds is 6. The molecule has 1 aliphatic carbocycles. The van der Waals surface area contributed by atoms with Gasteiger partial charge in [0.15, 0.2) is 5.65 Å². The number of halogens is 1. The summed E-state index contributed by atoms with van der Waals surface area (Å²) in [6.07, 6.45) is 8.62. The molecule has 122 valence electrons. The summed E-state index contributed by atoms with van der Waals surface area (Å²) in [5.74, 6) is 1.01. The van der Waals surface area contributed by atoms with Crippen LogP contribution in [0.25, 0.3) is 5.65 Å². The number of nitrogens with zero attached hydrogens (tertiary/aromatic N) is 4. The van der Waals surface area contributed by atoms with Crippen molar-refractivity contribution >= 4 is 33.7 Å². The molecule has 4 rings (SSSR count). The second-order valence-corrected chi connectivity index (χ2v) is 6.55. The van der Waals surface area contributed by atoms with Gasteiger partial charge in [0.25, 0.3) is 0 Å². The van der Waals surface area contributed by atoms with Gasteiger partial charge in [0.05, 0.1) is 22.1 Å². The number of nitrogens with one attached hydrogen (secondary N) is 1. The maximum Gasteiger partial charge on any atom is 0.235 e. The Balaban J connectivity index is 1.53. The van der Waals surface area contributed by atoms with Gasteiger partial charge in [-0.2, -0.15) is 5.10 Å². The molecule has 0 spiro atoms. The van der Waals surface area contributed by atoms with Gasteiger partial charge in [-0.05, 0) is 46.3 Å². The summed E-state index contributed by atoms with van der Waals surface area (Å²) in [7, 11) is 0. The average molecular weight is 388 g/mol. The van der Waals surface area contributed by atoms with Crippen molar-refractivity contribution in [3.05, 3.63) is 46.5 Å². The Hall–Kier alpha value is -2.48. The van der Waals surface area contributed by atoms with E-state index in [2.05, 4.69) is 48.7 Å². The van der Waals surface area contributed by atoms with E-state index in [9.17, 15) is 4.79 Å². The van der Waals surface area contributed by atoms with Crippen LogP contribution >= 0.6 is 15.9 Å². The van der Waals surface area contributed by atoms with Gasteiger partial charge in [-0.3, -0.25) is 4.79 Å². The minimum atomic E-state index is 0.270. The summed E-state index contributed by atoms with van der Waals surface area (Å²) in [5, 5.41) is 10.2. The molecule has 0 aliphatic heterocycles. The summed E-state index contributed by atoms with van der Waals surface area (Å²) in [4.78, 5) is 15.0. The lowest BCUT2D eigenvalue weighted by molar-refractivity contribution is -0.105. The van der Waals surface area contributed by atoms with Gasteiger partial charge in [-0.1, -0.05) is 0 Å². The van der Waals surface area contributed by atoms with Crippen molar-refractivity contribution < 1.29 is 9.53 Å². The lowest BCUT2D eigenvalue weighted by Gasteiger charge is -2.03. The van der Waals surface area contributed by atoms with E-state index in [-0.39, 0.29) is 6.61 Å². The van der Waals surface area contributed by atoms with Crippen LogP contribution in [0.3, 0.4) is 0 Å². The summed E-state index contributed by atoms with van der Waals surface area (Å²) in [6, 6.07) is 3.75. The van der Waals surface area contributed by atoms with Crippen LogP contribution in [0.5, 0.6) is 5.88 Å². The predicted octanol–water partition coefficient (Wildman–Crippen LogP) is 2.91. The van der Waals surface area contributed by atoms with Crippen molar-refractivity contribution in [2.45, 2.75) is 25.4 Å². The number of amides is 1. The van der Waals surface area contributed by atoms with Gasteiger partial charge >= 0.3 is 0 Å². The van der Waals surface area contributed by atoms with Crippen LogP contribution in [-0.2, 0) is 11.4 Å². The minimum absolute atomic E-state index is 0.270. The lowest BCUT2D eigenvalue weighted by Crippen LogP contribution is -2.01. The van der Waals surface area contributed by atoms with Crippen LogP contribution in [-0.4, -0.2) is 26.0 Å². The van der Waals surface area contributed by atoms with Crippen molar-refractivity contribution in [2.75, 3.05) is 5.32 Å². The third-order valence-electron chi connectivity index (χ3n) is 3.85. The van der Waals surface area contributed by atoms with Crippen LogP contribution in [0.4, 0.5) is 5.69 Å². The molecule has 1 saturated carbocycles. The zero-order valence-electron chi connectivity index (χ0n) is 12.6. The molecule has 24 heavy (non-hydrogen) atoms. The molecule has 1 N–H and O–H groups in total. The normalized spacial score (nSPS) is 13.9. The first-order valence-electron chi connectivity index (χ1n) is 7.55. The summed E-state index contributed by atoms with van der Waals surface area (Å²) >= 11 is 3.59. The summed E-state index contributed by atoms with van der Waals surface area (Å²) in [5.41, 5.74) is 3.51. The molecule has 0 bridgehead atoms. The van der Waals surface area contributed by atoms with E-state index in [4.69, 9.17) is 4.74 Å². The fourth-order valence-corrected chi connectivity index (χ4v) is 3.11. The highest BCUT2D eigenvalue weighted by atomic mass is 79.9. The van der Waals surface area contributed by atoms with Crippen LogP contribution in [0.1, 0.15) is 30.0 Å². The number of hydrogen-bond donors (Lipinski definition) is 1. The third-order valence-corrected chi connectivity index (χ3v) is 4.44. The number of ether oxygens (including phenoxy) is 1. The Bertz CT molecular complexity index is 907. The molecule has 0 radical (unpaired) electrons. The van der Waals surface area contributed by atoms with E-state index in [1.165, 1.54) is 24.6 Å². The van der Waals surface area contributed by atoms with E-state index >= 15 is 0 Å². The molecular formula is C16H14BrN5O2. The number of carbonyl (C=O) groups excluding carboxylic acids is 1. The maximum absolute atomic E-state index is 10.5. The molecule has 0 unspecified atom stereocenters. The number of aromatic nitrogens is 4. The van der Waals surface area contributed by atoms with Gasteiger partial charge in [0.2, 0.25) is 12.3 Å². The standard InChI is InChI=1S/C16H14BrN5O2/c17-14-3-11(10-1-2-10)6-22-7-13(20-16(14)22)8-24-15-4-12(18-9-23)5-19-21-15/h3-7,9-10H,1-2,8H2,(H,18,21,23). The van der Waals surface area contributed by atoms with E-state index < -0.39 is 0 Å². The molecule has 1 fully saturated rings. The average Bonchev–Trinajstić information content (AvgIpc) is 3.34. The summed E-state index contributed by atoms with van der Waals surface area (Å²) in [6.45, 7) is 0.270. The first-order chi connectivity index (χ1) is 11.7. The van der Waals surface area contributed by atoms with Crippen molar-refractivity contribution in [3.8, 4) is 5.88 Å². The fraction of sp³-hybridized carbons (Fsp3) is 0.250. The highest BCUT2D eigenvalue weighted by molar-refractivity contribution is 9.10. The molecule has 1 amide bonds. The van der Waals surface area contributed by atoms with Crippen LogP contribution in [0.15, 0.2) is 35.2 Å². The third kappa shape index (κ3) is 3.09. The first-order valence-corrected chi connectivity index (χ1v) is 8.35. The lowest BCUT2D eigenvalue weighted by atomic mass is 10.2. The Morgan fingerprint density at radius 3 is 3.04 bits per heavy atom. The SMILES string of the molecule is O=CNc1cnnc(OCc2cn3cc(C4CC4)cc(Br)c3n2)c1. The molecule has 0 atom stereocenters. The minimum Gasteiger partial charge on any atom is -0.470 e. The molecule has 0 saturated heterocycles. The molecule has 8 heteroatoms. The van der Waals surface area contributed by atoms with Crippen LogP contribution in [0.2, 0.25) is 0 Å². The number of imidazole rings is 1. The number of hydrogen-bond acceptors (Lipinski definition) is 5. The molecule has 7 nitrogen and oxygen atoms in total. The second-order valence-electron chi connectivity index (χ2n) is 5.69. The first kappa shape index (κ1) is 15.1. The quantitative estimate of drug-likeness (QED) is 0.657. The topological polar surface area (TPSA) is 81.4 Å². The summed E-state index contributed by atoms with van der Waals surface area (Å²) < 4.78 is 8.62. The molecule has 3 aromatic heterocycles. The van der Waals surface area contributed by atoms with E-state index in [1.807, 2.05) is 10.6 Å². The number of carbonyl (C=O) groups is 1. The van der Waals surface area contributed by atoms with Gasteiger partial charge < -0.3 is 14.5 Å². The Morgan fingerprint density at radius 1 is 1.38 bits per heavy atom. The zero-order chi connectivity index (χ0) is 16.5. The molecule has 1 aliphatic rings. The van der Waals surface area contributed by atoms with Crippen molar-refractivity contribution in [2.24, 2.45) is 0 Å². The highest BCUT2D eigenvalue weighted by Crippen LogP contribution is 2.41. The van der Waals surface area contributed by atoms with E-state index in [0.29, 0.717) is 23.9 Å². The number of fused-ring (bicyclic) bond motifs is 1. The Labute approximate surface area is 146 Å². The zero-order valence-corrected chi connectivity index (χ0v) is 14.2. The van der Waals surface area contributed by atoms with E-state index in [1.54, 1.807) is 6.07 Å². The van der Waals surface area contributed by atoms with Gasteiger partial charge in [-0.15, -0.1) is 5.10 Å². The largest absolute Gasteiger partial charge is 0.470 e. The molecule has 3 heterocycles. The van der Waals surface area contributed by atoms with Crippen molar-refractivity contribution in [3.63, 3.8) is 0 Å². The van der Waals surface area contributed by atoms with Crippen molar-refractivity contribution in [1.82, 2.24) is 19.6 Å². The predicted molar refractivity (Wildman–Crippen MR) is 90.9 cm³/mol. The smallest absolute Gasteiger partial charge is 0.235 e. The fourth-order valence-electron chi connectivity index (χ4n) is 2.55. The number of anilines is 1. The van der Waals surface area contributed by atoms with Gasteiger partial charge in [0, 0.05) is 18.5 Å². The number of pyridine rings is 1. The molecular weight excluding hydrogens is 374 g/mol. The molecule has 3 aromatic rings. The van der Waals surface area contributed by atoms with Crippen LogP contribution in [0, 0.1) is 0 Å². The van der Waals surface area contributed by atoms with Crippen LogP contribution < -0.4 is 10.1 Å². The Morgan fingerprint density at radius 2 is 2.25 bits per heavy atom. The second kappa shape index (κ2) is 6.20. The van der Waals surface area contributed by atoms with E-state index in [0.717, 1.165) is 15.8 Å². The molecule has 0 aromatic carbocycles. The van der Waals surface area contributed by atoms with Crippen molar-refractivity contribution in [1.29, 1.82) is 0 Å². The highest BCUT2D eigenvalue weighted by Gasteiger charge is 2.24. The van der Waals surface area contributed by atoms with Gasteiger partial charge in [0.1, 0.15) is 6.61 Å². The maximum atomic E-state index is 10.5. The Kier molecular flexibility index (Phi) is 3.89. The van der Waals surface area contributed by atoms with Gasteiger partial charge in [-0.25, -0.2) is 4.98 Å².